The van der Waals surface area contributed by atoms with Crippen LogP contribution in [0.15, 0.2) is 30.3 Å². The molecular formula is C26H33NO8. The van der Waals surface area contributed by atoms with Gasteiger partial charge in [0.15, 0.2) is 11.9 Å². The van der Waals surface area contributed by atoms with Gasteiger partial charge in [-0.25, -0.2) is 4.79 Å². The Balaban J connectivity index is 1.47. The molecule has 1 aromatic carbocycles. The second-order valence-electron chi connectivity index (χ2n) is 10.3. The average molecular weight is 488 g/mol. The van der Waals surface area contributed by atoms with Crippen LogP contribution in [0.4, 0.5) is 0 Å². The second kappa shape index (κ2) is 8.87. The Morgan fingerprint density at radius 1 is 0.943 bits per heavy atom. The molecule has 0 bridgehead atoms. The fourth-order valence-corrected chi connectivity index (χ4v) is 6.21. The van der Waals surface area contributed by atoms with Crippen LogP contribution >= 0.6 is 0 Å². The molecule has 2 saturated heterocycles. The molecule has 6 atom stereocenters. The van der Waals surface area contributed by atoms with Gasteiger partial charge in [-0.05, 0) is 26.7 Å². The third kappa shape index (κ3) is 4.23. The van der Waals surface area contributed by atoms with Crippen LogP contribution in [0.2, 0.25) is 0 Å². The zero-order chi connectivity index (χ0) is 25.0. The van der Waals surface area contributed by atoms with Gasteiger partial charge in [0.1, 0.15) is 30.1 Å². The molecule has 2 aliphatic carbocycles. The van der Waals surface area contributed by atoms with Crippen molar-refractivity contribution in [3.63, 3.8) is 0 Å². The number of rotatable bonds is 4. The van der Waals surface area contributed by atoms with E-state index in [4.69, 9.17) is 23.7 Å². The topological polar surface area (TPSA) is 101 Å². The number of esters is 2. The lowest BCUT2D eigenvalue weighted by molar-refractivity contribution is -0.219. The van der Waals surface area contributed by atoms with Gasteiger partial charge in [-0.1, -0.05) is 36.8 Å². The third-order valence-electron chi connectivity index (χ3n) is 7.46. The van der Waals surface area contributed by atoms with Gasteiger partial charge in [-0.2, -0.15) is 0 Å². The maximum absolute atomic E-state index is 13.5. The smallest absolute Gasteiger partial charge is 0.352 e. The van der Waals surface area contributed by atoms with Crippen molar-refractivity contribution in [2.45, 2.75) is 108 Å². The minimum Gasteiger partial charge on any atom is -0.454 e. The van der Waals surface area contributed by atoms with Crippen LogP contribution in [0, 0.1) is 0 Å². The summed E-state index contributed by atoms with van der Waals surface area (Å²) < 4.78 is 30.8. The van der Waals surface area contributed by atoms with Crippen LogP contribution in [0.3, 0.4) is 0 Å². The molecule has 9 heteroatoms. The molecule has 4 fully saturated rings. The number of carbonyl (C=O) groups excluding carboxylic acids is 3. The lowest BCUT2D eigenvalue weighted by atomic mass is 9.94. The van der Waals surface area contributed by atoms with Crippen molar-refractivity contribution < 1.29 is 38.1 Å². The molecule has 4 aliphatic rings. The van der Waals surface area contributed by atoms with Gasteiger partial charge < -0.3 is 28.6 Å². The normalized spacial score (nSPS) is 33.1. The molecule has 0 unspecified atom stereocenters. The van der Waals surface area contributed by atoms with Gasteiger partial charge in [0, 0.05) is 32.3 Å². The van der Waals surface area contributed by atoms with Crippen LogP contribution in [0.5, 0.6) is 0 Å². The first-order chi connectivity index (χ1) is 16.6. The van der Waals surface area contributed by atoms with E-state index in [1.165, 1.54) is 13.8 Å². The highest BCUT2D eigenvalue weighted by atomic mass is 16.8. The molecule has 0 aromatic heterocycles. The summed E-state index contributed by atoms with van der Waals surface area (Å²) in [7, 11) is 0. The monoisotopic (exact) mass is 487 g/mol. The maximum Gasteiger partial charge on any atom is 0.352 e. The highest BCUT2D eigenvalue weighted by Gasteiger charge is 2.70. The molecule has 0 radical (unpaired) electrons. The van der Waals surface area contributed by atoms with E-state index < -0.39 is 60.0 Å². The standard InChI is InChI=1S/C26H33NO8/c1-15(28)27-18-20(32-24(30)19(31-16(2)29)17-11-7-5-8-12-17)22-23(21(18)33-25(27,3)4)35-26(34-22)13-9-6-10-14-26/h5,7-8,11-12,18-23H,6,9-10,13-14H2,1-4H3/t18-,19+,20-,21-,22-,23+/m1/s1. The number of hydrogen-bond acceptors (Lipinski definition) is 8. The van der Waals surface area contributed by atoms with Crippen LogP contribution in [-0.2, 0) is 38.1 Å². The Hall–Kier alpha value is -2.49. The summed E-state index contributed by atoms with van der Waals surface area (Å²) >= 11 is 0. The molecule has 2 saturated carbocycles. The number of benzene rings is 1. The molecule has 2 aliphatic heterocycles. The third-order valence-corrected chi connectivity index (χ3v) is 7.46. The number of carbonyl (C=O) groups is 3. The van der Waals surface area contributed by atoms with E-state index in [9.17, 15) is 14.4 Å². The fraction of sp³-hybridized carbons (Fsp3) is 0.654. The van der Waals surface area contributed by atoms with E-state index in [1.807, 2.05) is 19.9 Å². The van der Waals surface area contributed by atoms with Crippen molar-refractivity contribution in [3.8, 4) is 0 Å². The van der Waals surface area contributed by atoms with Gasteiger partial charge in [-0.15, -0.1) is 0 Å². The SMILES string of the molecule is CC(=O)O[C@H](C(=O)O[C@H]1[C@H]2OC3(CCCCC3)O[C@H]2[C@@H]2OC(C)(C)N(C(C)=O)[C@@H]21)c1ccccc1. The number of hydrogen-bond donors (Lipinski definition) is 0. The van der Waals surface area contributed by atoms with Gasteiger partial charge >= 0.3 is 11.9 Å². The molecule has 1 spiro atoms. The van der Waals surface area contributed by atoms with Crippen molar-refractivity contribution >= 4 is 17.8 Å². The largest absolute Gasteiger partial charge is 0.454 e. The number of nitrogens with zero attached hydrogens (tertiary/aromatic N) is 1. The first kappa shape index (κ1) is 24.2. The summed E-state index contributed by atoms with van der Waals surface area (Å²) in [6, 6.07) is 8.13. The summed E-state index contributed by atoms with van der Waals surface area (Å²) in [5.74, 6) is -2.25. The van der Waals surface area contributed by atoms with E-state index in [1.54, 1.807) is 29.2 Å². The minimum absolute atomic E-state index is 0.199. The van der Waals surface area contributed by atoms with Gasteiger partial charge in [0.2, 0.25) is 12.0 Å². The van der Waals surface area contributed by atoms with E-state index >= 15 is 0 Å². The maximum atomic E-state index is 13.5. The summed E-state index contributed by atoms with van der Waals surface area (Å²) in [5, 5.41) is 0. The Labute approximate surface area is 205 Å². The van der Waals surface area contributed by atoms with E-state index in [-0.39, 0.29) is 5.91 Å². The molecule has 2 heterocycles. The van der Waals surface area contributed by atoms with E-state index in [0.29, 0.717) is 5.56 Å². The molecule has 1 amide bonds. The molecule has 35 heavy (non-hydrogen) atoms. The lowest BCUT2D eigenvalue weighted by Crippen LogP contribution is -2.54. The Kier molecular flexibility index (Phi) is 6.14. The summed E-state index contributed by atoms with van der Waals surface area (Å²) in [5.41, 5.74) is -0.408. The molecule has 190 valence electrons. The van der Waals surface area contributed by atoms with Crippen molar-refractivity contribution in [3.05, 3.63) is 35.9 Å². The minimum atomic E-state index is -1.24. The Morgan fingerprint density at radius 2 is 1.60 bits per heavy atom. The molecule has 5 rings (SSSR count). The lowest BCUT2D eigenvalue weighted by Gasteiger charge is -2.37. The Bertz CT molecular complexity index is 988. The van der Waals surface area contributed by atoms with Crippen LogP contribution in [0.1, 0.15) is 71.5 Å². The quantitative estimate of drug-likeness (QED) is 0.598. The van der Waals surface area contributed by atoms with Gasteiger partial charge in [-0.3, -0.25) is 9.59 Å². The van der Waals surface area contributed by atoms with Crippen LogP contribution < -0.4 is 0 Å². The molecule has 9 nitrogen and oxygen atoms in total. The zero-order valence-corrected chi connectivity index (χ0v) is 20.6. The summed E-state index contributed by atoms with van der Waals surface area (Å²) in [4.78, 5) is 39.6. The zero-order valence-electron chi connectivity index (χ0n) is 20.6. The number of ether oxygens (including phenoxy) is 5. The summed E-state index contributed by atoms with van der Waals surface area (Å²) in [6.45, 7) is 6.35. The molecular weight excluding hydrogens is 454 g/mol. The Morgan fingerprint density at radius 3 is 2.23 bits per heavy atom. The average Bonchev–Trinajstić information content (AvgIpc) is 3.38. The van der Waals surface area contributed by atoms with E-state index in [0.717, 1.165) is 32.1 Å². The van der Waals surface area contributed by atoms with Crippen LogP contribution in [0.25, 0.3) is 0 Å². The number of amides is 1. The van der Waals surface area contributed by atoms with Crippen molar-refractivity contribution in [1.82, 2.24) is 4.90 Å². The predicted octanol–water partition coefficient (Wildman–Crippen LogP) is 3.01. The fourth-order valence-electron chi connectivity index (χ4n) is 6.21. The predicted molar refractivity (Wildman–Crippen MR) is 122 cm³/mol. The first-order valence-corrected chi connectivity index (χ1v) is 12.4. The van der Waals surface area contributed by atoms with Crippen molar-refractivity contribution in [1.29, 1.82) is 0 Å². The first-order valence-electron chi connectivity index (χ1n) is 12.4. The van der Waals surface area contributed by atoms with Crippen molar-refractivity contribution in [2.75, 3.05) is 0 Å². The van der Waals surface area contributed by atoms with Gasteiger partial charge in [0.05, 0.1) is 0 Å². The number of fused-ring (bicyclic) bond motifs is 3. The highest BCUT2D eigenvalue weighted by Crippen LogP contribution is 2.52. The van der Waals surface area contributed by atoms with Gasteiger partial charge in [0.25, 0.3) is 0 Å². The molecule has 1 aromatic rings. The van der Waals surface area contributed by atoms with Crippen LogP contribution in [-0.4, -0.2) is 64.7 Å². The highest BCUT2D eigenvalue weighted by molar-refractivity contribution is 5.80. The second-order valence-corrected chi connectivity index (χ2v) is 10.3. The molecule has 0 N–H and O–H groups in total. The van der Waals surface area contributed by atoms with E-state index in [2.05, 4.69) is 0 Å². The van der Waals surface area contributed by atoms with Crippen molar-refractivity contribution in [2.24, 2.45) is 0 Å². The summed E-state index contributed by atoms with van der Waals surface area (Å²) in [6.07, 6.45) is 0.958.